The number of hydrogen-bond acceptors (Lipinski definition) is 5. The number of carbonyl (C=O) groups is 2. The molecule has 0 N–H and O–H groups in total. The SMILES string of the molecule is CCOC(=O)C1[C@H]2CN(C3CC4(C3)CN(C(=O)OCC)C4)C[C@H]12. The van der Waals surface area contributed by atoms with Crippen LogP contribution in [-0.2, 0) is 14.3 Å². The minimum atomic E-state index is -0.165. The van der Waals surface area contributed by atoms with Gasteiger partial charge in [0.25, 0.3) is 0 Å². The maximum absolute atomic E-state index is 11.8. The van der Waals surface area contributed by atoms with Crippen molar-refractivity contribution in [2.45, 2.75) is 32.7 Å². The molecule has 0 bridgehead atoms. The van der Waals surface area contributed by atoms with Crippen LogP contribution in [0.25, 0.3) is 0 Å². The number of nitrogens with zero attached hydrogens (tertiary/aromatic N) is 2. The Morgan fingerprint density at radius 1 is 1.04 bits per heavy atom. The van der Waals surface area contributed by atoms with E-state index in [4.69, 9.17) is 9.47 Å². The number of esters is 1. The third kappa shape index (κ3) is 2.42. The molecule has 2 heterocycles. The van der Waals surface area contributed by atoms with E-state index in [2.05, 4.69) is 4.90 Å². The summed E-state index contributed by atoms with van der Waals surface area (Å²) in [6.45, 7) is 8.46. The summed E-state index contributed by atoms with van der Waals surface area (Å²) in [6.07, 6.45) is 2.21. The van der Waals surface area contributed by atoms with Crippen molar-refractivity contribution in [3.8, 4) is 0 Å². The Labute approximate surface area is 137 Å². The molecule has 2 aliphatic carbocycles. The van der Waals surface area contributed by atoms with Crippen molar-refractivity contribution in [3.05, 3.63) is 0 Å². The molecule has 0 aromatic rings. The summed E-state index contributed by atoms with van der Waals surface area (Å²) in [6, 6.07) is 0.648. The summed E-state index contributed by atoms with van der Waals surface area (Å²) in [7, 11) is 0. The van der Waals surface area contributed by atoms with Crippen LogP contribution in [0.1, 0.15) is 26.7 Å². The summed E-state index contributed by atoms with van der Waals surface area (Å²) in [5, 5.41) is 0. The van der Waals surface area contributed by atoms with E-state index in [1.165, 1.54) is 12.8 Å². The van der Waals surface area contributed by atoms with Crippen LogP contribution in [0.15, 0.2) is 0 Å². The molecular weight excluding hydrogens is 296 g/mol. The molecule has 4 fully saturated rings. The van der Waals surface area contributed by atoms with Crippen LogP contribution in [-0.4, -0.2) is 67.3 Å². The zero-order valence-corrected chi connectivity index (χ0v) is 14.0. The number of fused-ring (bicyclic) bond motifs is 1. The van der Waals surface area contributed by atoms with Crippen LogP contribution in [0.4, 0.5) is 4.79 Å². The summed E-state index contributed by atoms with van der Waals surface area (Å²) in [5.74, 6) is 1.24. The van der Waals surface area contributed by atoms with Gasteiger partial charge in [0.1, 0.15) is 0 Å². The zero-order valence-electron chi connectivity index (χ0n) is 14.0. The Bertz CT molecular complexity index is 497. The number of rotatable bonds is 4. The topological polar surface area (TPSA) is 59.1 Å². The van der Waals surface area contributed by atoms with Crippen LogP contribution in [0.3, 0.4) is 0 Å². The lowest BCUT2D eigenvalue weighted by Crippen LogP contribution is -2.67. The fraction of sp³-hybridized carbons (Fsp3) is 0.882. The van der Waals surface area contributed by atoms with Crippen molar-refractivity contribution in [3.63, 3.8) is 0 Å². The number of carbonyl (C=O) groups excluding carboxylic acids is 2. The molecule has 1 amide bonds. The molecular formula is C17H26N2O4. The summed E-state index contributed by atoms with van der Waals surface area (Å²) in [5.41, 5.74) is 0.352. The van der Waals surface area contributed by atoms with E-state index in [9.17, 15) is 9.59 Å². The van der Waals surface area contributed by atoms with E-state index in [0.717, 1.165) is 26.2 Å². The molecule has 2 aliphatic heterocycles. The summed E-state index contributed by atoms with van der Waals surface area (Å²) in [4.78, 5) is 27.8. The minimum absolute atomic E-state index is 0.0105. The van der Waals surface area contributed by atoms with E-state index in [-0.39, 0.29) is 18.0 Å². The minimum Gasteiger partial charge on any atom is -0.466 e. The summed E-state index contributed by atoms with van der Waals surface area (Å²) < 4.78 is 10.2. The first kappa shape index (κ1) is 15.2. The van der Waals surface area contributed by atoms with Crippen molar-refractivity contribution >= 4 is 12.1 Å². The fourth-order valence-electron chi connectivity index (χ4n) is 5.01. The number of hydrogen-bond donors (Lipinski definition) is 0. The van der Waals surface area contributed by atoms with E-state index >= 15 is 0 Å². The van der Waals surface area contributed by atoms with Gasteiger partial charge in [-0.15, -0.1) is 0 Å². The molecule has 6 heteroatoms. The average molecular weight is 322 g/mol. The predicted molar refractivity (Wildman–Crippen MR) is 82.7 cm³/mol. The molecule has 0 aromatic heterocycles. The Kier molecular flexibility index (Phi) is 3.55. The van der Waals surface area contributed by atoms with Gasteiger partial charge in [0.15, 0.2) is 0 Å². The molecule has 4 rings (SSSR count). The van der Waals surface area contributed by atoms with Gasteiger partial charge in [0.2, 0.25) is 0 Å². The van der Waals surface area contributed by atoms with Gasteiger partial charge in [-0.1, -0.05) is 0 Å². The van der Waals surface area contributed by atoms with Crippen LogP contribution < -0.4 is 0 Å². The molecule has 6 nitrogen and oxygen atoms in total. The van der Waals surface area contributed by atoms with Crippen molar-refractivity contribution in [2.24, 2.45) is 23.2 Å². The van der Waals surface area contributed by atoms with Gasteiger partial charge in [-0.05, 0) is 38.5 Å². The Hall–Kier alpha value is -1.30. The fourth-order valence-corrected chi connectivity index (χ4v) is 5.01. The van der Waals surface area contributed by atoms with E-state index < -0.39 is 0 Å². The van der Waals surface area contributed by atoms with Crippen LogP contribution >= 0.6 is 0 Å². The standard InChI is InChI=1S/C17H26N2O4/c1-3-22-15(20)14-12-7-18(8-13(12)14)11-5-17(6-11)9-19(10-17)16(21)23-4-2/h11-14H,3-10H2,1-2H3/t12-,13-/m0/s1. The van der Waals surface area contributed by atoms with Crippen molar-refractivity contribution < 1.29 is 19.1 Å². The number of likely N-dealkylation sites (tertiary alicyclic amines) is 2. The highest BCUT2D eigenvalue weighted by Gasteiger charge is 2.63. The largest absolute Gasteiger partial charge is 0.466 e. The lowest BCUT2D eigenvalue weighted by molar-refractivity contribution is -0.146. The van der Waals surface area contributed by atoms with Gasteiger partial charge in [-0.25, -0.2) is 4.79 Å². The first-order valence-corrected chi connectivity index (χ1v) is 8.89. The van der Waals surface area contributed by atoms with Gasteiger partial charge in [0.05, 0.1) is 19.1 Å². The highest BCUT2D eigenvalue weighted by molar-refractivity contribution is 5.77. The highest BCUT2D eigenvalue weighted by Crippen LogP contribution is 2.57. The lowest BCUT2D eigenvalue weighted by atomic mass is 9.60. The van der Waals surface area contributed by atoms with Gasteiger partial charge < -0.3 is 14.4 Å². The second kappa shape index (κ2) is 5.36. The van der Waals surface area contributed by atoms with Crippen LogP contribution in [0, 0.1) is 23.2 Å². The predicted octanol–water partition coefficient (Wildman–Crippen LogP) is 1.35. The molecule has 2 saturated carbocycles. The monoisotopic (exact) mass is 322 g/mol. The van der Waals surface area contributed by atoms with E-state index in [1.54, 1.807) is 0 Å². The van der Waals surface area contributed by atoms with Crippen LogP contribution in [0.5, 0.6) is 0 Å². The third-order valence-corrected chi connectivity index (χ3v) is 6.21. The average Bonchev–Trinajstić information content (AvgIpc) is 2.92. The number of ether oxygens (including phenoxy) is 2. The zero-order chi connectivity index (χ0) is 16.2. The molecule has 0 aromatic carbocycles. The molecule has 2 atom stereocenters. The molecule has 0 radical (unpaired) electrons. The van der Waals surface area contributed by atoms with Gasteiger partial charge in [-0.2, -0.15) is 0 Å². The molecule has 4 aliphatic rings. The lowest BCUT2D eigenvalue weighted by Gasteiger charge is -2.60. The Balaban J connectivity index is 1.19. The van der Waals surface area contributed by atoms with Crippen LogP contribution in [0.2, 0.25) is 0 Å². The second-order valence-electron chi connectivity index (χ2n) is 7.68. The van der Waals surface area contributed by atoms with Crippen molar-refractivity contribution in [1.82, 2.24) is 9.80 Å². The second-order valence-corrected chi connectivity index (χ2v) is 7.68. The molecule has 128 valence electrons. The normalized spacial score (nSPS) is 34.5. The first-order valence-electron chi connectivity index (χ1n) is 8.89. The summed E-state index contributed by atoms with van der Waals surface area (Å²) >= 11 is 0. The molecule has 23 heavy (non-hydrogen) atoms. The third-order valence-electron chi connectivity index (χ3n) is 6.21. The van der Waals surface area contributed by atoms with Gasteiger partial charge in [-0.3, -0.25) is 9.69 Å². The molecule has 0 unspecified atom stereocenters. The van der Waals surface area contributed by atoms with E-state index in [0.29, 0.717) is 36.5 Å². The van der Waals surface area contributed by atoms with Crippen molar-refractivity contribution in [1.29, 1.82) is 0 Å². The van der Waals surface area contributed by atoms with E-state index in [1.807, 2.05) is 18.7 Å². The maximum Gasteiger partial charge on any atom is 0.409 e. The quantitative estimate of drug-likeness (QED) is 0.731. The highest BCUT2D eigenvalue weighted by atomic mass is 16.6. The maximum atomic E-state index is 11.8. The molecule has 1 spiro atoms. The molecule has 2 saturated heterocycles. The first-order chi connectivity index (χ1) is 11.1. The Morgan fingerprint density at radius 3 is 2.22 bits per heavy atom. The van der Waals surface area contributed by atoms with Gasteiger partial charge in [0, 0.05) is 37.6 Å². The number of piperidine rings is 1. The van der Waals surface area contributed by atoms with Crippen molar-refractivity contribution in [2.75, 3.05) is 39.4 Å². The van der Waals surface area contributed by atoms with Gasteiger partial charge >= 0.3 is 12.1 Å². The number of amides is 1. The Morgan fingerprint density at radius 2 is 1.65 bits per heavy atom. The smallest absolute Gasteiger partial charge is 0.409 e.